The van der Waals surface area contributed by atoms with E-state index in [1.165, 1.54) is 10.5 Å². The molecule has 1 aliphatic heterocycles. The van der Waals surface area contributed by atoms with Crippen molar-refractivity contribution in [3.05, 3.63) is 11.9 Å². The Labute approximate surface area is 116 Å². The summed E-state index contributed by atoms with van der Waals surface area (Å²) in [5.41, 5.74) is 0.509. The first-order valence-electron chi connectivity index (χ1n) is 6.25. The van der Waals surface area contributed by atoms with E-state index in [9.17, 15) is 13.2 Å². The molecular formula is C11H17N3O5S. The van der Waals surface area contributed by atoms with Gasteiger partial charge in [0.1, 0.15) is 11.5 Å². The van der Waals surface area contributed by atoms with Crippen LogP contribution in [0.25, 0.3) is 0 Å². The summed E-state index contributed by atoms with van der Waals surface area (Å²) in [4.78, 5) is 10.6. The number of sulfonamides is 1. The summed E-state index contributed by atoms with van der Waals surface area (Å²) in [7, 11) is -3.54. The van der Waals surface area contributed by atoms with E-state index in [1.54, 1.807) is 6.92 Å². The number of H-pyrrole nitrogens is 1. The second kappa shape index (κ2) is 5.90. The number of carbonyl (C=O) groups is 1. The fourth-order valence-corrected chi connectivity index (χ4v) is 3.76. The van der Waals surface area contributed by atoms with E-state index in [-0.39, 0.29) is 17.6 Å². The van der Waals surface area contributed by atoms with Gasteiger partial charge in [-0.25, -0.2) is 13.2 Å². The smallest absolute Gasteiger partial charge is 0.329 e. The van der Waals surface area contributed by atoms with Gasteiger partial charge in [-0.1, -0.05) is 0 Å². The Bertz CT molecular complexity index is 575. The molecule has 0 spiro atoms. The highest BCUT2D eigenvalue weighted by atomic mass is 32.2. The minimum atomic E-state index is -3.54. The number of aliphatic carboxylic acids is 1. The van der Waals surface area contributed by atoms with Gasteiger partial charge in [-0.3, -0.25) is 5.10 Å². The molecule has 2 heterocycles. The lowest BCUT2D eigenvalue weighted by Crippen LogP contribution is -2.41. The standard InChI is InChI=1S/C11H17N3O5S/c1-8-10(6-12-13-8)20(17,18)14-4-2-9(3-5-14)19-7-11(15)16/h6,9H,2-5,7H2,1H3,(H,12,13)(H,15,16). The van der Waals surface area contributed by atoms with Crippen LogP contribution >= 0.6 is 0 Å². The minimum Gasteiger partial charge on any atom is -0.480 e. The number of aromatic amines is 1. The summed E-state index contributed by atoms with van der Waals surface area (Å²) >= 11 is 0. The molecule has 20 heavy (non-hydrogen) atoms. The molecule has 9 heteroatoms. The van der Waals surface area contributed by atoms with Crippen LogP contribution < -0.4 is 0 Å². The predicted octanol–water partition coefficient (Wildman–Crippen LogP) is -0.0276. The van der Waals surface area contributed by atoms with Gasteiger partial charge < -0.3 is 9.84 Å². The number of aryl methyl sites for hydroxylation is 1. The summed E-state index contributed by atoms with van der Waals surface area (Å²) in [5.74, 6) is -1.02. The zero-order valence-electron chi connectivity index (χ0n) is 11.1. The molecule has 0 bridgehead atoms. The van der Waals surface area contributed by atoms with Crippen molar-refractivity contribution in [1.82, 2.24) is 14.5 Å². The van der Waals surface area contributed by atoms with E-state index in [4.69, 9.17) is 9.84 Å². The van der Waals surface area contributed by atoms with Crippen molar-refractivity contribution in [2.24, 2.45) is 0 Å². The monoisotopic (exact) mass is 303 g/mol. The van der Waals surface area contributed by atoms with Gasteiger partial charge in [0, 0.05) is 13.1 Å². The highest BCUT2D eigenvalue weighted by Gasteiger charge is 2.31. The topological polar surface area (TPSA) is 113 Å². The zero-order valence-corrected chi connectivity index (χ0v) is 11.9. The number of carboxylic acid groups (broad SMARTS) is 1. The number of piperidine rings is 1. The van der Waals surface area contributed by atoms with E-state index >= 15 is 0 Å². The van der Waals surface area contributed by atoms with Gasteiger partial charge in [-0.05, 0) is 19.8 Å². The second-order valence-corrected chi connectivity index (χ2v) is 6.57. The highest BCUT2D eigenvalue weighted by molar-refractivity contribution is 7.89. The maximum Gasteiger partial charge on any atom is 0.329 e. The maximum atomic E-state index is 12.4. The first-order valence-corrected chi connectivity index (χ1v) is 7.69. The van der Waals surface area contributed by atoms with Gasteiger partial charge in [-0.2, -0.15) is 9.40 Å². The van der Waals surface area contributed by atoms with Crippen molar-refractivity contribution in [1.29, 1.82) is 0 Å². The van der Waals surface area contributed by atoms with Gasteiger partial charge in [0.25, 0.3) is 0 Å². The Hall–Kier alpha value is -1.45. The number of rotatable bonds is 5. The van der Waals surface area contributed by atoms with Crippen molar-refractivity contribution >= 4 is 16.0 Å². The fourth-order valence-electron chi connectivity index (χ4n) is 2.17. The summed E-state index contributed by atoms with van der Waals surface area (Å²) in [5, 5.41) is 14.9. The largest absolute Gasteiger partial charge is 0.480 e. The Balaban J connectivity index is 1.97. The van der Waals surface area contributed by atoms with Gasteiger partial charge in [0.05, 0.1) is 18.0 Å². The molecule has 112 valence electrons. The Morgan fingerprint density at radius 2 is 2.20 bits per heavy atom. The van der Waals surface area contributed by atoms with E-state index in [0.717, 1.165) is 0 Å². The number of ether oxygens (including phenoxy) is 1. The number of aromatic nitrogens is 2. The quantitative estimate of drug-likeness (QED) is 0.790. The highest BCUT2D eigenvalue weighted by Crippen LogP contribution is 2.23. The molecule has 2 N–H and O–H groups in total. The summed E-state index contributed by atoms with van der Waals surface area (Å²) in [6.07, 6.45) is 2.08. The molecule has 2 rings (SSSR count). The molecule has 1 aliphatic rings. The van der Waals surface area contributed by atoms with Gasteiger partial charge in [0.15, 0.2) is 0 Å². The second-order valence-electron chi connectivity index (χ2n) is 4.67. The van der Waals surface area contributed by atoms with Crippen molar-refractivity contribution in [3.8, 4) is 0 Å². The third-order valence-electron chi connectivity index (χ3n) is 3.24. The molecular weight excluding hydrogens is 286 g/mol. The molecule has 0 unspecified atom stereocenters. The van der Waals surface area contributed by atoms with Crippen LogP contribution in [0, 0.1) is 6.92 Å². The fraction of sp³-hybridized carbons (Fsp3) is 0.636. The number of nitrogens with one attached hydrogen (secondary N) is 1. The van der Waals surface area contributed by atoms with Crippen molar-refractivity contribution in [2.45, 2.75) is 30.8 Å². The van der Waals surface area contributed by atoms with Crippen LogP contribution in [0.5, 0.6) is 0 Å². The molecule has 0 aromatic carbocycles. The minimum absolute atomic E-state index is 0.183. The molecule has 0 radical (unpaired) electrons. The molecule has 0 atom stereocenters. The lowest BCUT2D eigenvalue weighted by Gasteiger charge is -2.30. The third-order valence-corrected chi connectivity index (χ3v) is 5.26. The van der Waals surface area contributed by atoms with Crippen molar-refractivity contribution < 1.29 is 23.1 Å². The van der Waals surface area contributed by atoms with Crippen molar-refractivity contribution in [3.63, 3.8) is 0 Å². The van der Waals surface area contributed by atoms with Gasteiger partial charge in [-0.15, -0.1) is 0 Å². The molecule has 8 nitrogen and oxygen atoms in total. The van der Waals surface area contributed by atoms with Crippen LogP contribution in [-0.4, -0.2) is 59.8 Å². The number of nitrogens with zero attached hydrogens (tertiary/aromatic N) is 2. The predicted molar refractivity (Wildman–Crippen MR) is 68.7 cm³/mol. The molecule has 0 saturated carbocycles. The van der Waals surface area contributed by atoms with Crippen LogP contribution in [0.15, 0.2) is 11.1 Å². The van der Waals surface area contributed by atoms with E-state index in [1.807, 2.05) is 0 Å². The average molecular weight is 303 g/mol. The average Bonchev–Trinajstić information content (AvgIpc) is 2.84. The molecule has 1 aromatic heterocycles. The summed E-state index contributed by atoms with van der Waals surface area (Å²) in [6, 6.07) is 0. The van der Waals surface area contributed by atoms with Gasteiger partial charge >= 0.3 is 5.97 Å². The SMILES string of the molecule is Cc1[nH]ncc1S(=O)(=O)N1CCC(OCC(=O)O)CC1. The van der Waals surface area contributed by atoms with Crippen LogP contribution in [0.3, 0.4) is 0 Å². The molecule has 1 aromatic rings. The summed E-state index contributed by atoms with van der Waals surface area (Å²) in [6.45, 7) is 1.94. The van der Waals surface area contributed by atoms with Crippen LogP contribution in [-0.2, 0) is 19.6 Å². The zero-order chi connectivity index (χ0) is 14.8. The van der Waals surface area contributed by atoms with E-state index < -0.39 is 16.0 Å². The number of carboxylic acids is 1. The summed E-state index contributed by atoms with van der Waals surface area (Å²) < 4.78 is 31.3. The molecule has 1 fully saturated rings. The van der Waals surface area contributed by atoms with Crippen LogP contribution in [0.4, 0.5) is 0 Å². The lowest BCUT2D eigenvalue weighted by molar-refractivity contribution is -0.145. The van der Waals surface area contributed by atoms with Crippen LogP contribution in [0.1, 0.15) is 18.5 Å². The normalized spacial score (nSPS) is 18.2. The first-order chi connectivity index (χ1) is 9.41. The molecule has 1 saturated heterocycles. The van der Waals surface area contributed by atoms with E-state index in [2.05, 4.69) is 10.2 Å². The maximum absolute atomic E-state index is 12.4. The number of hydrogen-bond donors (Lipinski definition) is 2. The molecule has 0 aliphatic carbocycles. The third kappa shape index (κ3) is 3.17. The Morgan fingerprint density at radius 3 is 2.70 bits per heavy atom. The van der Waals surface area contributed by atoms with Crippen LogP contribution in [0.2, 0.25) is 0 Å². The van der Waals surface area contributed by atoms with Crippen molar-refractivity contribution in [2.75, 3.05) is 19.7 Å². The lowest BCUT2D eigenvalue weighted by atomic mass is 10.1. The first kappa shape index (κ1) is 14.9. The van der Waals surface area contributed by atoms with Gasteiger partial charge in [0.2, 0.25) is 10.0 Å². The van der Waals surface area contributed by atoms with E-state index in [0.29, 0.717) is 31.6 Å². The molecule has 0 amide bonds. The Kier molecular flexibility index (Phi) is 4.41. The number of hydrogen-bond acceptors (Lipinski definition) is 5. The Morgan fingerprint density at radius 1 is 1.55 bits per heavy atom.